The topological polar surface area (TPSA) is 69.7 Å². The average Bonchev–Trinajstić information content (AvgIpc) is 3.19. The van der Waals surface area contributed by atoms with Gasteiger partial charge in [-0.1, -0.05) is 38.1 Å². The maximum atomic E-state index is 14.0. The van der Waals surface area contributed by atoms with Crippen LogP contribution >= 0.6 is 0 Å². The number of likely N-dealkylation sites (N-methyl/N-ethyl adjacent to an activating group) is 1. The molecule has 3 aliphatic carbocycles. The van der Waals surface area contributed by atoms with Gasteiger partial charge >= 0.3 is 6.03 Å². The number of fused-ring (bicyclic) bond motifs is 5. The fourth-order valence-corrected chi connectivity index (χ4v) is 8.61. The lowest BCUT2D eigenvalue weighted by molar-refractivity contribution is -0.146. The van der Waals surface area contributed by atoms with E-state index in [1.54, 1.807) is 6.08 Å². The smallest absolute Gasteiger partial charge is 0.328 e. The van der Waals surface area contributed by atoms with Crippen molar-refractivity contribution in [2.24, 2.45) is 34.5 Å². The number of para-hydroxylation sites is 1. The summed E-state index contributed by atoms with van der Waals surface area (Å²) in [6, 6.07) is 9.06. The number of amides is 4. The number of carbonyl (C=O) groups excluding carboxylic acids is 3. The number of nitrogens with one attached hydrogen (secondary N) is 1. The van der Waals surface area contributed by atoms with Gasteiger partial charge in [-0.25, -0.2) is 4.79 Å². The van der Waals surface area contributed by atoms with E-state index in [0.717, 1.165) is 38.5 Å². The minimum absolute atomic E-state index is 0.00542. The van der Waals surface area contributed by atoms with Crippen molar-refractivity contribution >= 4 is 23.5 Å². The van der Waals surface area contributed by atoms with Gasteiger partial charge in [-0.15, -0.1) is 0 Å². The normalized spacial score (nSPS) is 37.2. The van der Waals surface area contributed by atoms with Crippen molar-refractivity contribution in [3.8, 4) is 0 Å². The van der Waals surface area contributed by atoms with Crippen molar-refractivity contribution in [2.45, 2.75) is 78.3 Å². The van der Waals surface area contributed by atoms with Gasteiger partial charge in [0.05, 0.1) is 0 Å². The van der Waals surface area contributed by atoms with Crippen LogP contribution in [0.1, 0.15) is 66.2 Å². The monoisotopic (exact) mass is 491 g/mol. The second-order valence-electron chi connectivity index (χ2n) is 12.4. The van der Waals surface area contributed by atoms with Gasteiger partial charge in [-0.05, 0) is 93.7 Å². The first-order valence-corrected chi connectivity index (χ1v) is 13.7. The van der Waals surface area contributed by atoms with Gasteiger partial charge in [-0.3, -0.25) is 14.5 Å². The maximum Gasteiger partial charge on any atom is 0.328 e. The number of urea groups is 1. The second kappa shape index (κ2) is 9.04. The van der Waals surface area contributed by atoms with E-state index >= 15 is 0 Å². The highest BCUT2D eigenvalue weighted by Crippen LogP contribution is 2.65. The van der Waals surface area contributed by atoms with Crippen LogP contribution in [-0.2, 0) is 9.59 Å². The molecule has 3 saturated carbocycles. The molecule has 194 valence electrons. The lowest BCUT2D eigenvalue weighted by Crippen LogP contribution is -2.60. The van der Waals surface area contributed by atoms with Crippen LogP contribution < -0.4 is 5.32 Å². The number of carbonyl (C=O) groups is 3. The quantitative estimate of drug-likeness (QED) is 0.589. The SMILES string of the molecule is CC(C)N(C(=O)Nc1ccccc1)C(=O)[C@H]1CC[C@H]2[C@@H]3CC[C@H]4N(C)C(=O)C=C[C@]4(C)[C@H]3CC[C@]12C. The Hall–Kier alpha value is -2.63. The minimum Gasteiger partial charge on any atom is -0.338 e. The molecule has 3 fully saturated rings. The largest absolute Gasteiger partial charge is 0.338 e. The van der Waals surface area contributed by atoms with E-state index in [-0.39, 0.29) is 46.7 Å². The summed E-state index contributed by atoms with van der Waals surface area (Å²) in [5, 5.41) is 2.93. The summed E-state index contributed by atoms with van der Waals surface area (Å²) in [5.74, 6) is 1.52. The Morgan fingerprint density at radius 2 is 1.75 bits per heavy atom. The molecule has 1 heterocycles. The highest BCUT2D eigenvalue weighted by Gasteiger charge is 2.62. The first-order chi connectivity index (χ1) is 17.1. The number of nitrogens with zero attached hydrogens (tertiary/aromatic N) is 2. The maximum absolute atomic E-state index is 14.0. The summed E-state index contributed by atoms with van der Waals surface area (Å²) < 4.78 is 0. The molecule has 0 saturated heterocycles. The summed E-state index contributed by atoms with van der Waals surface area (Å²) in [5.41, 5.74) is 0.599. The van der Waals surface area contributed by atoms with Crippen LogP contribution in [-0.4, -0.2) is 46.8 Å². The number of rotatable bonds is 3. The first-order valence-electron chi connectivity index (χ1n) is 13.7. The molecule has 4 aliphatic rings. The minimum atomic E-state index is -0.338. The van der Waals surface area contributed by atoms with Crippen molar-refractivity contribution in [2.75, 3.05) is 12.4 Å². The van der Waals surface area contributed by atoms with E-state index in [0.29, 0.717) is 23.4 Å². The fourth-order valence-electron chi connectivity index (χ4n) is 8.61. The molecule has 0 unspecified atom stereocenters. The molecule has 1 aromatic carbocycles. The highest BCUT2D eigenvalue weighted by atomic mass is 16.2. The van der Waals surface area contributed by atoms with E-state index in [4.69, 9.17) is 0 Å². The Morgan fingerprint density at radius 1 is 1.03 bits per heavy atom. The second-order valence-corrected chi connectivity index (χ2v) is 12.4. The van der Waals surface area contributed by atoms with Crippen LogP contribution in [0.5, 0.6) is 0 Å². The standard InChI is InChI=1S/C30H41N3O3/c1-19(2)33(28(36)31-20-9-7-6-8-10-20)27(35)24-13-12-22-21-11-14-25-30(4,18-16-26(34)32(25)5)23(21)15-17-29(22,24)3/h6-10,16,18-19,21-25H,11-15,17H2,1-5H3,(H,31,36)/t21-,22-,23-,24+,25+,29-,30+/m0/s1. The van der Waals surface area contributed by atoms with E-state index in [1.807, 2.05) is 56.1 Å². The molecule has 1 aliphatic heterocycles. The Labute approximate surface area is 215 Å². The van der Waals surface area contributed by atoms with Crippen molar-refractivity contribution in [1.82, 2.24) is 9.80 Å². The summed E-state index contributed by atoms with van der Waals surface area (Å²) in [7, 11) is 1.95. The third-order valence-electron chi connectivity index (χ3n) is 10.4. The first kappa shape index (κ1) is 25.0. The van der Waals surface area contributed by atoms with Crippen LogP contribution in [0, 0.1) is 34.5 Å². The van der Waals surface area contributed by atoms with Gasteiger partial charge in [0.15, 0.2) is 0 Å². The number of hydrogen-bond donors (Lipinski definition) is 1. The predicted molar refractivity (Wildman–Crippen MR) is 141 cm³/mol. The lowest BCUT2D eigenvalue weighted by atomic mass is 9.47. The van der Waals surface area contributed by atoms with Crippen LogP contribution in [0.2, 0.25) is 0 Å². The Bertz CT molecular complexity index is 1070. The van der Waals surface area contributed by atoms with E-state index in [9.17, 15) is 14.4 Å². The number of anilines is 1. The molecule has 4 amide bonds. The van der Waals surface area contributed by atoms with Gasteiger partial charge in [0.25, 0.3) is 0 Å². The molecule has 5 rings (SSSR count). The van der Waals surface area contributed by atoms with Crippen LogP contribution in [0.4, 0.5) is 10.5 Å². The molecule has 0 spiro atoms. The van der Waals surface area contributed by atoms with Crippen molar-refractivity contribution < 1.29 is 14.4 Å². The highest BCUT2D eigenvalue weighted by molar-refractivity contribution is 6.02. The predicted octanol–water partition coefficient (Wildman–Crippen LogP) is 5.71. The van der Waals surface area contributed by atoms with Crippen molar-refractivity contribution in [3.63, 3.8) is 0 Å². The zero-order chi connectivity index (χ0) is 25.8. The molecule has 6 heteroatoms. The molecule has 0 aromatic heterocycles. The molecule has 1 N–H and O–H groups in total. The van der Waals surface area contributed by atoms with Gasteiger partial charge < -0.3 is 10.2 Å². The van der Waals surface area contributed by atoms with Gasteiger partial charge in [0.2, 0.25) is 11.8 Å². The summed E-state index contributed by atoms with van der Waals surface area (Å²) in [6.07, 6.45) is 10.1. The van der Waals surface area contributed by atoms with Gasteiger partial charge in [0, 0.05) is 36.2 Å². The summed E-state index contributed by atoms with van der Waals surface area (Å²) >= 11 is 0. The Kier molecular flexibility index (Phi) is 6.29. The zero-order valence-corrected chi connectivity index (χ0v) is 22.4. The third kappa shape index (κ3) is 3.79. The van der Waals surface area contributed by atoms with Crippen LogP contribution in [0.3, 0.4) is 0 Å². The average molecular weight is 492 g/mol. The van der Waals surface area contributed by atoms with E-state index < -0.39 is 0 Å². The van der Waals surface area contributed by atoms with Crippen molar-refractivity contribution in [1.29, 1.82) is 0 Å². The molecule has 1 aromatic rings. The van der Waals surface area contributed by atoms with Gasteiger partial charge in [0.1, 0.15) is 0 Å². The number of benzene rings is 1. The summed E-state index contributed by atoms with van der Waals surface area (Å²) in [6.45, 7) is 8.51. The zero-order valence-electron chi connectivity index (χ0n) is 22.4. The van der Waals surface area contributed by atoms with Crippen LogP contribution in [0.25, 0.3) is 0 Å². The summed E-state index contributed by atoms with van der Waals surface area (Å²) in [4.78, 5) is 43.0. The molecule has 0 radical (unpaired) electrons. The van der Waals surface area contributed by atoms with Crippen LogP contribution in [0.15, 0.2) is 42.5 Å². The molecular weight excluding hydrogens is 450 g/mol. The molecule has 0 bridgehead atoms. The Balaban J connectivity index is 1.37. The third-order valence-corrected chi connectivity index (χ3v) is 10.4. The molecule has 36 heavy (non-hydrogen) atoms. The molecule has 6 nitrogen and oxygen atoms in total. The Morgan fingerprint density at radius 3 is 2.44 bits per heavy atom. The fraction of sp³-hybridized carbons (Fsp3) is 0.633. The van der Waals surface area contributed by atoms with Crippen molar-refractivity contribution in [3.05, 3.63) is 42.5 Å². The lowest BCUT2D eigenvalue weighted by Gasteiger charge is -2.60. The van der Waals surface area contributed by atoms with E-state index in [1.165, 1.54) is 4.90 Å². The number of hydrogen-bond acceptors (Lipinski definition) is 3. The molecule has 7 atom stereocenters. The van der Waals surface area contributed by atoms with E-state index in [2.05, 4.69) is 25.2 Å². The van der Waals surface area contributed by atoms with Gasteiger partial charge in [-0.2, -0.15) is 0 Å². The molecular formula is C30H41N3O3. The number of imide groups is 1.